The van der Waals surface area contributed by atoms with Gasteiger partial charge in [0, 0.05) is 6.54 Å². The summed E-state index contributed by atoms with van der Waals surface area (Å²) in [5.41, 5.74) is 2.30. The summed E-state index contributed by atoms with van der Waals surface area (Å²) in [6, 6.07) is 7.99. The van der Waals surface area contributed by atoms with Gasteiger partial charge in [0.05, 0.1) is 11.1 Å². The van der Waals surface area contributed by atoms with Gasteiger partial charge in [-0.2, -0.15) is 0 Å². The van der Waals surface area contributed by atoms with Crippen molar-refractivity contribution < 1.29 is 4.92 Å². The number of nitrogens with zero attached hydrogens (tertiary/aromatic N) is 1. The highest BCUT2D eigenvalue weighted by Gasteiger charge is 1.90. The Morgan fingerprint density at radius 1 is 1.43 bits per heavy atom. The fourth-order valence-electron chi connectivity index (χ4n) is 0.996. The molecule has 1 aromatic rings. The van der Waals surface area contributed by atoms with Crippen LogP contribution in [0.4, 0.5) is 0 Å². The first-order valence-corrected chi connectivity index (χ1v) is 4.27. The lowest BCUT2D eigenvalue weighted by atomic mass is 10.1. The molecule has 0 aromatic heterocycles. The Morgan fingerprint density at radius 2 is 2.07 bits per heavy atom. The van der Waals surface area contributed by atoms with Gasteiger partial charge in [0.2, 0.25) is 6.20 Å². The molecule has 0 amide bonds. The molecule has 14 heavy (non-hydrogen) atoms. The van der Waals surface area contributed by atoms with E-state index in [0.717, 1.165) is 11.8 Å². The molecule has 4 heteroatoms. The van der Waals surface area contributed by atoms with E-state index in [-0.39, 0.29) is 0 Å². The number of hydrogen-bond donors (Lipinski definition) is 1. The van der Waals surface area contributed by atoms with E-state index in [1.165, 1.54) is 11.8 Å². The third-order valence-corrected chi connectivity index (χ3v) is 1.74. The molecule has 1 rings (SSSR count). The Morgan fingerprint density at radius 3 is 2.64 bits per heavy atom. The molecule has 0 atom stereocenters. The fraction of sp³-hybridized carbons (Fsp3) is 0.200. The van der Waals surface area contributed by atoms with Crippen molar-refractivity contribution in [3.63, 3.8) is 0 Å². The van der Waals surface area contributed by atoms with Crippen molar-refractivity contribution in [1.29, 1.82) is 0 Å². The maximum Gasteiger partial charge on any atom is 0.249 e. The Bertz CT molecular complexity index is 330. The van der Waals surface area contributed by atoms with Crippen LogP contribution in [0, 0.1) is 17.0 Å². The molecule has 0 saturated carbocycles. The summed E-state index contributed by atoms with van der Waals surface area (Å²) in [5, 5.41) is 12.8. The molecular weight excluding hydrogens is 180 g/mol. The van der Waals surface area contributed by atoms with E-state index in [1.54, 1.807) is 0 Å². The number of nitro groups is 1. The Labute approximate surface area is 82.4 Å². The first-order chi connectivity index (χ1) is 6.68. The van der Waals surface area contributed by atoms with Crippen molar-refractivity contribution in [2.75, 3.05) is 0 Å². The Balaban J connectivity index is 2.39. The molecule has 4 nitrogen and oxygen atoms in total. The van der Waals surface area contributed by atoms with Crippen molar-refractivity contribution in [3.05, 3.63) is 57.9 Å². The van der Waals surface area contributed by atoms with Gasteiger partial charge in [-0.1, -0.05) is 29.8 Å². The number of aryl methyl sites for hydroxylation is 1. The predicted molar refractivity (Wildman–Crippen MR) is 54.2 cm³/mol. The number of nitrogens with one attached hydrogen (secondary N) is 1. The molecule has 1 N–H and O–H groups in total. The van der Waals surface area contributed by atoms with Gasteiger partial charge >= 0.3 is 0 Å². The minimum atomic E-state index is -0.498. The minimum absolute atomic E-state index is 0.498. The summed E-state index contributed by atoms with van der Waals surface area (Å²) in [6.07, 6.45) is 2.22. The molecule has 0 spiro atoms. The van der Waals surface area contributed by atoms with Gasteiger partial charge in [-0.25, -0.2) is 0 Å². The molecule has 0 saturated heterocycles. The van der Waals surface area contributed by atoms with E-state index in [9.17, 15) is 10.1 Å². The second kappa shape index (κ2) is 5.01. The van der Waals surface area contributed by atoms with E-state index >= 15 is 0 Å². The van der Waals surface area contributed by atoms with E-state index in [1.807, 2.05) is 31.2 Å². The van der Waals surface area contributed by atoms with Crippen LogP contribution < -0.4 is 5.32 Å². The summed E-state index contributed by atoms with van der Waals surface area (Å²) in [7, 11) is 0. The average Bonchev–Trinajstić information content (AvgIpc) is 2.15. The maximum atomic E-state index is 9.93. The average molecular weight is 192 g/mol. The van der Waals surface area contributed by atoms with Gasteiger partial charge in [-0.3, -0.25) is 10.1 Å². The molecule has 0 aliphatic heterocycles. The van der Waals surface area contributed by atoms with Crippen LogP contribution >= 0.6 is 0 Å². The number of benzene rings is 1. The lowest BCUT2D eigenvalue weighted by Gasteiger charge is -2.00. The van der Waals surface area contributed by atoms with Gasteiger partial charge in [0.25, 0.3) is 0 Å². The van der Waals surface area contributed by atoms with Crippen molar-refractivity contribution in [3.8, 4) is 0 Å². The van der Waals surface area contributed by atoms with Crippen LogP contribution in [0.15, 0.2) is 36.7 Å². The molecule has 0 heterocycles. The second-order valence-corrected chi connectivity index (χ2v) is 2.97. The Hall–Kier alpha value is -1.84. The van der Waals surface area contributed by atoms with Gasteiger partial charge < -0.3 is 5.32 Å². The van der Waals surface area contributed by atoms with Crippen LogP contribution in [0.5, 0.6) is 0 Å². The summed E-state index contributed by atoms with van der Waals surface area (Å²) in [6.45, 7) is 2.62. The monoisotopic (exact) mass is 192 g/mol. The molecule has 0 fully saturated rings. The smallest absolute Gasteiger partial charge is 0.249 e. The van der Waals surface area contributed by atoms with Crippen LogP contribution in [0.3, 0.4) is 0 Å². The van der Waals surface area contributed by atoms with Gasteiger partial charge in [0.1, 0.15) is 0 Å². The standard InChI is InChI=1S/C10H12N2O2/c1-9-2-4-10(5-3-9)8-11-6-7-12(13)14/h2-7,11H,8H2,1H3. The van der Waals surface area contributed by atoms with E-state index in [2.05, 4.69) is 5.32 Å². The van der Waals surface area contributed by atoms with Crippen molar-refractivity contribution in [2.24, 2.45) is 0 Å². The van der Waals surface area contributed by atoms with Gasteiger partial charge in [-0.15, -0.1) is 0 Å². The SMILES string of the molecule is Cc1ccc(CNC=C[N+](=O)[O-])cc1. The minimum Gasteiger partial charge on any atom is -0.382 e. The van der Waals surface area contributed by atoms with E-state index in [0.29, 0.717) is 6.54 Å². The molecule has 1 aromatic carbocycles. The highest BCUT2D eigenvalue weighted by atomic mass is 16.6. The molecular formula is C10H12N2O2. The third kappa shape index (κ3) is 3.71. The zero-order valence-electron chi connectivity index (χ0n) is 7.93. The predicted octanol–water partition coefficient (Wildman–Crippen LogP) is 1.83. The van der Waals surface area contributed by atoms with E-state index < -0.39 is 4.92 Å². The van der Waals surface area contributed by atoms with Gasteiger partial charge in [-0.05, 0) is 12.5 Å². The first-order valence-electron chi connectivity index (χ1n) is 4.27. The van der Waals surface area contributed by atoms with Crippen molar-refractivity contribution >= 4 is 0 Å². The quantitative estimate of drug-likeness (QED) is 0.585. The highest BCUT2D eigenvalue weighted by Crippen LogP contribution is 2.02. The normalized spacial score (nSPS) is 10.4. The van der Waals surface area contributed by atoms with Crippen molar-refractivity contribution in [2.45, 2.75) is 13.5 Å². The molecule has 0 radical (unpaired) electrons. The largest absolute Gasteiger partial charge is 0.382 e. The van der Waals surface area contributed by atoms with Gasteiger partial charge in [0.15, 0.2) is 0 Å². The Kier molecular flexibility index (Phi) is 3.67. The lowest BCUT2D eigenvalue weighted by molar-refractivity contribution is -0.402. The van der Waals surface area contributed by atoms with Crippen LogP contribution in [0.25, 0.3) is 0 Å². The summed E-state index contributed by atoms with van der Waals surface area (Å²) >= 11 is 0. The zero-order chi connectivity index (χ0) is 10.4. The zero-order valence-corrected chi connectivity index (χ0v) is 7.93. The lowest BCUT2D eigenvalue weighted by Crippen LogP contribution is -2.05. The fourth-order valence-corrected chi connectivity index (χ4v) is 0.996. The third-order valence-electron chi connectivity index (χ3n) is 1.74. The van der Waals surface area contributed by atoms with Crippen molar-refractivity contribution in [1.82, 2.24) is 5.32 Å². The van der Waals surface area contributed by atoms with Crippen LogP contribution in [-0.2, 0) is 6.54 Å². The van der Waals surface area contributed by atoms with Crippen LogP contribution in [0.2, 0.25) is 0 Å². The molecule has 0 unspecified atom stereocenters. The topological polar surface area (TPSA) is 55.2 Å². The summed E-state index contributed by atoms with van der Waals surface area (Å²) < 4.78 is 0. The van der Waals surface area contributed by atoms with Crippen LogP contribution in [-0.4, -0.2) is 4.92 Å². The maximum absolute atomic E-state index is 9.93. The van der Waals surface area contributed by atoms with E-state index in [4.69, 9.17) is 0 Å². The molecule has 0 bridgehead atoms. The molecule has 74 valence electrons. The highest BCUT2D eigenvalue weighted by molar-refractivity contribution is 5.21. The van der Waals surface area contributed by atoms with Crippen LogP contribution in [0.1, 0.15) is 11.1 Å². The summed E-state index contributed by atoms with van der Waals surface area (Å²) in [4.78, 5) is 9.44. The molecule has 0 aliphatic carbocycles. The number of rotatable bonds is 4. The first kappa shape index (κ1) is 10.2. The molecule has 0 aliphatic rings. The summed E-state index contributed by atoms with van der Waals surface area (Å²) in [5.74, 6) is 0. The second-order valence-electron chi connectivity index (χ2n) is 2.97. The number of hydrogen-bond acceptors (Lipinski definition) is 3.